The summed E-state index contributed by atoms with van der Waals surface area (Å²) in [5.74, 6) is 0.670. The first-order valence-corrected chi connectivity index (χ1v) is 4.52. The monoisotopic (exact) mass is 182 g/mol. The van der Waals surface area contributed by atoms with Crippen molar-refractivity contribution in [2.45, 2.75) is 18.9 Å². The number of halogens is 1. The van der Waals surface area contributed by atoms with Crippen LogP contribution in [0.3, 0.4) is 0 Å². The molecule has 3 heteroatoms. The summed E-state index contributed by atoms with van der Waals surface area (Å²) in [5, 5.41) is 0.531. The summed E-state index contributed by atoms with van der Waals surface area (Å²) in [6, 6.07) is 3.95. The van der Waals surface area contributed by atoms with Crippen molar-refractivity contribution in [1.82, 2.24) is 4.98 Å². The Balaban J connectivity index is 2.20. The summed E-state index contributed by atoms with van der Waals surface area (Å²) in [7, 11) is 0. The standard InChI is InChI=1S/C9H11ClN2/c10-8-5-7(3-4-12-8)9(11)6-1-2-6/h3-6,9H,1-2,11H2/t9-/m0/s1. The largest absolute Gasteiger partial charge is 0.324 e. The molecule has 64 valence electrons. The zero-order chi connectivity index (χ0) is 8.55. The first kappa shape index (κ1) is 8.02. The number of hydrogen-bond acceptors (Lipinski definition) is 2. The Bertz CT molecular complexity index is 284. The summed E-state index contributed by atoms with van der Waals surface area (Å²) in [4.78, 5) is 3.91. The highest BCUT2D eigenvalue weighted by atomic mass is 35.5. The fraction of sp³-hybridized carbons (Fsp3) is 0.444. The number of rotatable bonds is 2. The Labute approximate surface area is 76.7 Å². The van der Waals surface area contributed by atoms with Crippen LogP contribution < -0.4 is 5.73 Å². The first-order valence-electron chi connectivity index (χ1n) is 4.14. The predicted octanol–water partition coefficient (Wildman–Crippen LogP) is 2.14. The molecule has 12 heavy (non-hydrogen) atoms. The van der Waals surface area contributed by atoms with Crippen LogP contribution in [0.4, 0.5) is 0 Å². The molecule has 0 unspecified atom stereocenters. The van der Waals surface area contributed by atoms with Crippen LogP contribution in [0.2, 0.25) is 5.15 Å². The highest BCUT2D eigenvalue weighted by Crippen LogP contribution is 2.39. The SMILES string of the molecule is N[C@H](c1ccnc(Cl)c1)C1CC1. The number of hydrogen-bond donors (Lipinski definition) is 1. The molecule has 2 rings (SSSR count). The van der Waals surface area contributed by atoms with Gasteiger partial charge in [-0.15, -0.1) is 0 Å². The molecule has 0 amide bonds. The molecule has 1 aliphatic rings. The van der Waals surface area contributed by atoms with Gasteiger partial charge in [-0.25, -0.2) is 4.98 Å². The summed E-state index contributed by atoms with van der Waals surface area (Å²) in [5.41, 5.74) is 7.09. The van der Waals surface area contributed by atoms with E-state index >= 15 is 0 Å². The van der Waals surface area contributed by atoms with E-state index in [2.05, 4.69) is 4.98 Å². The third-order valence-corrected chi connectivity index (χ3v) is 2.47. The van der Waals surface area contributed by atoms with Crippen molar-refractivity contribution in [2.24, 2.45) is 11.7 Å². The van der Waals surface area contributed by atoms with E-state index in [-0.39, 0.29) is 6.04 Å². The lowest BCUT2D eigenvalue weighted by atomic mass is 10.1. The van der Waals surface area contributed by atoms with Crippen LogP contribution in [-0.4, -0.2) is 4.98 Å². The molecule has 2 N–H and O–H groups in total. The van der Waals surface area contributed by atoms with Gasteiger partial charge in [-0.2, -0.15) is 0 Å². The van der Waals surface area contributed by atoms with E-state index in [0.29, 0.717) is 11.1 Å². The molecule has 0 aliphatic heterocycles. The third kappa shape index (κ3) is 1.59. The van der Waals surface area contributed by atoms with Gasteiger partial charge >= 0.3 is 0 Å². The van der Waals surface area contributed by atoms with E-state index in [0.717, 1.165) is 5.56 Å². The Hall–Kier alpha value is -0.600. The van der Waals surface area contributed by atoms with Crippen LogP contribution in [0.15, 0.2) is 18.3 Å². The number of nitrogens with zero attached hydrogens (tertiary/aromatic N) is 1. The number of nitrogens with two attached hydrogens (primary N) is 1. The van der Waals surface area contributed by atoms with E-state index in [1.807, 2.05) is 12.1 Å². The molecule has 1 aromatic rings. The molecular formula is C9H11ClN2. The normalized spacial score (nSPS) is 19.2. The first-order chi connectivity index (χ1) is 5.77. The smallest absolute Gasteiger partial charge is 0.129 e. The molecule has 0 bridgehead atoms. The van der Waals surface area contributed by atoms with Gasteiger partial charge in [0.15, 0.2) is 0 Å². The molecule has 1 saturated carbocycles. The zero-order valence-corrected chi connectivity index (χ0v) is 7.46. The molecule has 2 nitrogen and oxygen atoms in total. The summed E-state index contributed by atoms with van der Waals surface area (Å²) in [6.07, 6.45) is 4.21. The molecule has 0 aromatic carbocycles. The van der Waals surface area contributed by atoms with Crippen molar-refractivity contribution in [3.05, 3.63) is 29.0 Å². The molecule has 1 heterocycles. The van der Waals surface area contributed by atoms with E-state index in [1.165, 1.54) is 12.8 Å². The van der Waals surface area contributed by atoms with Crippen LogP contribution in [-0.2, 0) is 0 Å². The average molecular weight is 183 g/mol. The van der Waals surface area contributed by atoms with Gasteiger partial charge in [0.25, 0.3) is 0 Å². The van der Waals surface area contributed by atoms with Gasteiger partial charge in [-0.1, -0.05) is 11.6 Å². The van der Waals surface area contributed by atoms with Crippen molar-refractivity contribution in [2.75, 3.05) is 0 Å². The highest BCUT2D eigenvalue weighted by Gasteiger charge is 2.29. The van der Waals surface area contributed by atoms with Crippen molar-refractivity contribution >= 4 is 11.6 Å². The van der Waals surface area contributed by atoms with Gasteiger partial charge in [0.2, 0.25) is 0 Å². The Morgan fingerprint density at radius 3 is 2.92 bits per heavy atom. The second kappa shape index (κ2) is 3.04. The lowest BCUT2D eigenvalue weighted by Crippen LogP contribution is -2.12. The Morgan fingerprint density at radius 2 is 2.33 bits per heavy atom. The molecule has 0 spiro atoms. The number of aromatic nitrogens is 1. The van der Waals surface area contributed by atoms with Crippen molar-refractivity contribution in [3.8, 4) is 0 Å². The van der Waals surface area contributed by atoms with Crippen molar-refractivity contribution in [3.63, 3.8) is 0 Å². The van der Waals surface area contributed by atoms with E-state index < -0.39 is 0 Å². The minimum absolute atomic E-state index is 0.158. The van der Waals surface area contributed by atoms with E-state index in [1.54, 1.807) is 6.20 Å². The summed E-state index contributed by atoms with van der Waals surface area (Å²) in [6.45, 7) is 0. The van der Waals surface area contributed by atoms with E-state index in [9.17, 15) is 0 Å². The van der Waals surface area contributed by atoms with Crippen LogP contribution in [0.1, 0.15) is 24.4 Å². The molecule has 1 aromatic heterocycles. The lowest BCUT2D eigenvalue weighted by Gasteiger charge is -2.09. The Morgan fingerprint density at radius 1 is 1.58 bits per heavy atom. The van der Waals surface area contributed by atoms with E-state index in [4.69, 9.17) is 17.3 Å². The van der Waals surface area contributed by atoms with Gasteiger partial charge in [-0.3, -0.25) is 0 Å². The summed E-state index contributed by atoms with van der Waals surface area (Å²) < 4.78 is 0. The minimum atomic E-state index is 0.158. The molecule has 1 aliphatic carbocycles. The minimum Gasteiger partial charge on any atom is -0.324 e. The molecule has 1 atom stereocenters. The maximum atomic E-state index is 5.98. The quantitative estimate of drug-likeness (QED) is 0.712. The second-order valence-electron chi connectivity index (χ2n) is 3.28. The van der Waals surface area contributed by atoms with Gasteiger partial charge < -0.3 is 5.73 Å². The maximum Gasteiger partial charge on any atom is 0.129 e. The second-order valence-corrected chi connectivity index (χ2v) is 3.66. The fourth-order valence-electron chi connectivity index (χ4n) is 1.35. The Kier molecular flexibility index (Phi) is 2.03. The molecule has 0 radical (unpaired) electrons. The zero-order valence-electron chi connectivity index (χ0n) is 6.70. The lowest BCUT2D eigenvalue weighted by molar-refractivity contribution is 0.632. The van der Waals surface area contributed by atoms with Gasteiger partial charge in [0.1, 0.15) is 5.15 Å². The maximum absolute atomic E-state index is 5.98. The molecule has 0 saturated heterocycles. The predicted molar refractivity (Wildman–Crippen MR) is 48.9 cm³/mol. The van der Waals surface area contributed by atoms with Crippen LogP contribution in [0.25, 0.3) is 0 Å². The topological polar surface area (TPSA) is 38.9 Å². The average Bonchev–Trinajstić information content (AvgIpc) is 2.85. The van der Waals surface area contributed by atoms with Crippen molar-refractivity contribution < 1.29 is 0 Å². The van der Waals surface area contributed by atoms with Crippen LogP contribution in [0.5, 0.6) is 0 Å². The van der Waals surface area contributed by atoms with Crippen LogP contribution in [0, 0.1) is 5.92 Å². The van der Waals surface area contributed by atoms with Gasteiger partial charge in [-0.05, 0) is 36.5 Å². The van der Waals surface area contributed by atoms with Crippen molar-refractivity contribution in [1.29, 1.82) is 0 Å². The van der Waals surface area contributed by atoms with Crippen LogP contribution >= 0.6 is 11.6 Å². The van der Waals surface area contributed by atoms with Gasteiger partial charge in [0.05, 0.1) is 0 Å². The number of pyridine rings is 1. The third-order valence-electron chi connectivity index (χ3n) is 2.27. The fourth-order valence-corrected chi connectivity index (χ4v) is 1.53. The highest BCUT2D eigenvalue weighted by molar-refractivity contribution is 6.29. The molecular weight excluding hydrogens is 172 g/mol. The van der Waals surface area contributed by atoms with Gasteiger partial charge in [0, 0.05) is 12.2 Å². The molecule has 1 fully saturated rings. The summed E-state index contributed by atoms with van der Waals surface area (Å²) >= 11 is 5.75.